The van der Waals surface area contributed by atoms with Gasteiger partial charge in [-0.25, -0.2) is 4.98 Å². The van der Waals surface area contributed by atoms with Gasteiger partial charge in [-0.3, -0.25) is 23.7 Å². The summed E-state index contributed by atoms with van der Waals surface area (Å²) in [5, 5.41) is 12.8. The first kappa shape index (κ1) is 25.2. The summed E-state index contributed by atoms with van der Waals surface area (Å²) in [7, 11) is 0. The van der Waals surface area contributed by atoms with Gasteiger partial charge in [-0.15, -0.1) is 0 Å². The number of nitrogens with zero attached hydrogens (tertiary/aromatic N) is 4. The number of carboxylic acid groups (broad SMARTS) is 1. The summed E-state index contributed by atoms with van der Waals surface area (Å²) >= 11 is 5.91. The van der Waals surface area contributed by atoms with Crippen molar-refractivity contribution >= 4 is 46.0 Å². The number of piperazine rings is 1. The van der Waals surface area contributed by atoms with E-state index in [0.29, 0.717) is 47.7 Å². The zero-order valence-electron chi connectivity index (χ0n) is 19.7. The standard InChI is InChI=1S/C25H26ClN5O5/c1-16(32)29-8-10-30(11-9-29)19-6-7-21-20(12-19)25(36)31(15-27-21)14-23(33)28-22(13-24(34)35)17-2-4-18(26)5-3-17/h2-7,12,15,22H,8-11,13-14H2,1H3,(H,28,33)(H,34,35)/t22-/m1/s1. The van der Waals surface area contributed by atoms with Crippen molar-refractivity contribution in [2.24, 2.45) is 0 Å². The maximum absolute atomic E-state index is 13.2. The summed E-state index contributed by atoms with van der Waals surface area (Å²) in [6.07, 6.45) is 0.989. The maximum atomic E-state index is 13.2. The third-order valence-electron chi connectivity index (χ3n) is 6.20. The Labute approximate surface area is 212 Å². The van der Waals surface area contributed by atoms with E-state index in [0.717, 1.165) is 5.69 Å². The van der Waals surface area contributed by atoms with Crippen LogP contribution in [0.3, 0.4) is 0 Å². The van der Waals surface area contributed by atoms with Gasteiger partial charge in [0, 0.05) is 43.8 Å². The van der Waals surface area contributed by atoms with E-state index in [4.69, 9.17) is 11.6 Å². The molecule has 2 N–H and O–H groups in total. The molecule has 0 radical (unpaired) electrons. The van der Waals surface area contributed by atoms with Crippen LogP contribution in [-0.2, 0) is 20.9 Å². The largest absolute Gasteiger partial charge is 0.481 e. The number of hydrogen-bond donors (Lipinski definition) is 2. The zero-order chi connectivity index (χ0) is 25.8. The first-order chi connectivity index (χ1) is 17.2. The summed E-state index contributed by atoms with van der Waals surface area (Å²) in [6, 6.07) is 11.2. The van der Waals surface area contributed by atoms with Crippen LogP contribution >= 0.6 is 11.6 Å². The number of halogens is 1. The number of aliphatic carboxylic acids is 1. The van der Waals surface area contributed by atoms with Gasteiger partial charge in [0.25, 0.3) is 5.56 Å². The molecule has 2 aromatic carbocycles. The summed E-state index contributed by atoms with van der Waals surface area (Å²) in [4.78, 5) is 57.1. The minimum Gasteiger partial charge on any atom is -0.481 e. The minimum absolute atomic E-state index is 0.0418. The van der Waals surface area contributed by atoms with E-state index in [9.17, 15) is 24.3 Å². The van der Waals surface area contributed by atoms with Crippen LogP contribution in [-0.4, -0.2) is 63.5 Å². The molecule has 36 heavy (non-hydrogen) atoms. The number of fused-ring (bicyclic) bond motifs is 1. The highest BCUT2D eigenvalue weighted by atomic mass is 35.5. The van der Waals surface area contributed by atoms with Crippen LogP contribution in [0.4, 0.5) is 5.69 Å². The molecule has 0 unspecified atom stereocenters. The molecule has 2 amide bonds. The predicted molar refractivity (Wildman–Crippen MR) is 135 cm³/mol. The third-order valence-corrected chi connectivity index (χ3v) is 6.45. The SMILES string of the molecule is CC(=O)N1CCN(c2ccc3ncn(CC(=O)N[C@H](CC(=O)O)c4ccc(Cl)cc4)c(=O)c3c2)CC1. The second-order valence-electron chi connectivity index (χ2n) is 8.64. The summed E-state index contributed by atoms with van der Waals surface area (Å²) in [5.74, 6) is -1.55. The normalized spacial score (nSPS) is 14.5. The lowest BCUT2D eigenvalue weighted by Gasteiger charge is -2.35. The molecule has 2 heterocycles. The van der Waals surface area contributed by atoms with Crippen LogP contribution in [0.5, 0.6) is 0 Å². The van der Waals surface area contributed by atoms with Crippen molar-refractivity contribution in [1.29, 1.82) is 0 Å². The Bertz CT molecular complexity index is 1350. The number of carbonyl (C=O) groups excluding carboxylic acids is 2. The number of carbonyl (C=O) groups is 3. The van der Waals surface area contributed by atoms with E-state index >= 15 is 0 Å². The Kier molecular flexibility index (Phi) is 7.54. The highest BCUT2D eigenvalue weighted by Crippen LogP contribution is 2.21. The Morgan fingerprint density at radius 1 is 1.08 bits per heavy atom. The molecule has 1 saturated heterocycles. The van der Waals surface area contributed by atoms with E-state index in [1.54, 1.807) is 48.2 Å². The molecule has 1 aliphatic rings. The van der Waals surface area contributed by atoms with Crippen LogP contribution < -0.4 is 15.8 Å². The molecule has 11 heteroatoms. The van der Waals surface area contributed by atoms with Crippen molar-refractivity contribution in [2.75, 3.05) is 31.1 Å². The average molecular weight is 512 g/mol. The molecule has 4 rings (SSSR count). The van der Waals surface area contributed by atoms with Gasteiger partial charge < -0.3 is 20.2 Å². The van der Waals surface area contributed by atoms with Gasteiger partial charge in [0.05, 0.1) is 29.7 Å². The molecule has 10 nitrogen and oxygen atoms in total. The number of rotatable bonds is 7. The second-order valence-corrected chi connectivity index (χ2v) is 9.08. The van der Waals surface area contributed by atoms with Gasteiger partial charge in [-0.05, 0) is 35.9 Å². The molecule has 0 aliphatic carbocycles. The van der Waals surface area contributed by atoms with Crippen LogP contribution in [0.2, 0.25) is 5.02 Å². The number of carboxylic acids is 1. The van der Waals surface area contributed by atoms with E-state index in [1.807, 2.05) is 6.07 Å². The summed E-state index contributed by atoms with van der Waals surface area (Å²) in [6.45, 7) is 3.75. The van der Waals surface area contributed by atoms with E-state index in [2.05, 4.69) is 15.2 Å². The summed E-state index contributed by atoms with van der Waals surface area (Å²) < 4.78 is 1.20. The first-order valence-electron chi connectivity index (χ1n) is 11.5. The van der Waals surface area contributed by atoms with Crippen molar-refractivity contribution in [3.8, 4) is 0 Å². The Morgan fingerprint density at radius 2 is 1.78 bits per heavy atom. The van der Waals surface area contributed by atoms with Crippen molar-refractivity contribution in [3.05, 3.63) is 69.7 Å². The molecule has 0 saturated carbocycles. The van der Waals surface area contributed by atoms with Gasteiger partial charge in [0.2, 0.25) is 11.8 Å². The fourth-order valence-electron chi connectivity index (χ4n) is 4.25. The predicted octanol–water partition coefficient (Wildman–Crippen LogP) is 2.05. The van der Waals surface area contributed by atoms with Crippen LogP contribution in [0.15, 0.2) is 53.6 Å². The quantitative estimate of drug-likeness (QED) is 0.497. The lowest BCUT2D eigenvalue weighted by molar-refractivity contribution is -0.138. The number of benzene rings is 2. The molecule has 0 bridgehead atoms. The van der Waals surface area contributed by atoms with Crippen molar-refractivity contribution in [3.63, 3.8) is 0 Å². The number of aromatic nitrogens is 2. The smallest absolute Gasteiger partial charge is 0.305 e. The molecule has 1 atom stereocenters. The number of nitrogens with one attached hydrogen (secondary N) is 1. The van der Waals surface area contributed by atoms with Crippen LogP contribution in [0, 0.1) is 0 Å². The van der Waals surface area contributed by atoms with Crippen LogP contribution in [0.25, 0.3) is 10.9 Å². The topological polar surface area (TPSA) is 125 Å². The van der Waals surface area contributed by atoms with Crippen molar-refractivity contribution < 1.29 is 19.5 Å². The third kappa shape index (κ3) is 5.83. The maximum Gasteiger partial charge on any atom is 0.305 e. The molecule has 1 aromatic heterocycles. The van der Waals surface area contributed by atoms with Crippen molar-refractivity contribution in [2.45, 2.75) is 25.9 Å². The van der Waals surface area contributed by atoms with Gasteiger partial charge in [0.1, 0.15) is 6.54 Å². The van der Waals surface area contributed by atoms with E-state index in [1.165, 1.54) is 10.9 Å². The van der Waals surface area contributed by atoms with Crippen molar-refractivity contribution in [1.82, 2.24) is 19.8 Å². The molecule has 1 aliphatic heterocycles. The molecule has 0 spiro atoms. The highest BCUT2D eigenvalue weighted by Gasteiger charge is 2.21. The number of amides is 2. The van der Waals surface area contributed by atoms with Gasteiger partial charge >= 0.3 is 5.97 Å². The molecule has 1 fully saturated rings. The molecular formula is C25H26ClN5O5. The molecule has 188 valence electrons. The highest BCUT2D eigenvalue weighted by molar-refractivity contribution is 6.30. The van der Waals surface area contributed by atoms with E-state index in [-0.39, 0.29) is 24.4 Å². The summed E-state index contributed by atoms with van der Waals surface area (Å²) in [5.41, 5.74) is 1.57. The first-order valence-corrected chi connectivity index (χ1v) is 11.9. The fourth-order valence-corrected chi connectivity index (χ4v) is 4.38. The number of anilines is 1. The van der Waals surface area contributed by atoms with E-state index < -0.39 is 17.9 Å². The van der Waals surface area contributed by atoms with Gasteiger partial charge in [-0.2, -0.15) is 0 Å². The fraction of sp³-hybridized carbons (Fsp3) is 0.320. The van der Waals surface area contributed by atoms with Crippen LogP contribution in [0.1, 0.15) is 24.9 Å². The average Bonchev–Trinajstić information content (AvgIpc) is 2.85. The lowest BCUT2D eigenvalue weighted by atomic mass is 10.0. The second kappa shape index (κ2) is 10.8. The lowest BCUT2D eigenvalue weighted by Crippen LogP contribution is -2.48. The molecule has 3 aromatic rings. The van der Waals surface area contributed by atoms with Gasteiger partial charge in [0.15, 0.2) is 0 Å². The Morgan fingerprint density at radius 3 is 2.42 bits per heavy atom. The van der Waals surface area contributed by atoms with Gasteiger partial charge in [-0.1, -0.05) is 23.7 Å². The minimum atomic E-state index is -1.07. The molecular weight excluding hydrogens is 486 g/mol. The zero-order valence-corrected chi connectivity index (χ0v) is 20.4. The Balaban J connectivity index is 1.51. The monoisotopic (exact) mass is 511 g/mol. The Hall–Kier alpha value is -3.92. The number of hydrogen-bond acceptors (Lipinski definition) is 6.